The summed E-state index contributed by atoms with van der Waals surface area (Å²) in [7, 11) is 0. The predicted molar refractivity (Wildman–Crippen MR) is 70.1 cm³/mol. The zero-order valence-electron chi connectivity index (χ0n) is 11.6. The molecule has 1 aromatic rings. The molecule has 0 spiro atoms. The highest BCUT2D eigenvalue weighted by atomic mass is 16.3. The maximum absolute atomic E-state index is 9.98. The largest absolute Gasteiger partial charge is 0.390 e. The highest BCUT2D eigenvalue weighted by Crippen LogP contribution is 2.12. The van der Waals surface area contributed by atoms with Crippen molar-refractivity contribution in [2.75, 3.05) is 6.54 Å². The van der Waals surface area contributed by atoms with E-state index < -0.39 is 0 Å². The molecule has 0 bridgehead atoms. The van der Waals surface area contributed by atoms with Gasteiger partial charge in [-0.05, 0) is 20.8 Å². The van der Waals surface area contributed by atoms with Crippen molar-refractivity contribution < 1.29 is 5.11 Å². The molecule has 1 atom stereocenters. The quantitative estimate of drug-likeness (QED) is 0.823. The molecule has 4 heteroatoms. The number of imidazole rings is 1. The Morgan fingerprint density at radius 3 is 2.59 bits per heavy atom. The summed E-state index contributed by atoms with van der Waals surface area (Å²) in [6, 6.07) is 0. The minimum atomic E-state index is -0.388. The van der Waals surface area contributed by atoms with E-state index >= 15 is 0 Å². The van der Waals surface area contributed by atoms with Gasteiger partial charge in [0.2, 0.25) is 0 Å². The van der Waals surface area contributed by atoms with Crippen LogP contribution in [-0.2, 0) is 6.54 Å². The topological polar surface area (TPSA) is 50.1 Å². The molecule has 98 valence electrons. The molecule has 0 aromatic carbocycles. The average molecular weight is 239 g/mol. The highest BCUT2D eigenvalue weighted by Gasteiger charge is 2.14. The molecule has 4 nitrogen and oxygen atoms in total. The van der Waals surface area contributed by atoms with Gasteiger partial charge >= 0.3 is 0 Å². The molecular formula is C13H25N3O. The van der Waals surface area contributed by atoms with E-state index in [1.807, 2.05) is 10.8 Å². The van der Waals surface area contributed by atoms with E-state index in [0.717, 1.165) is 5.82 Å². The standard InChI is InChI=1S/C13H25N3O/c1-10(2)12-14-6-7-16(12)9-11(17)8-15-13(3,4)5/h6-7,10-11,15,17H,8-9H2,1-5H3. The number of aromatic nitrogens is 2. The molecule has 0 saturated heterocycles. The lowest BCUT2D eigenvalue weighted by atomic mass is 10.1. The van der Waals surface area contributed by atoms with E-state index in [-0.39, 0.29) is 11.6 Å². The molecule has 0 amide bonds. The van der Waals surface area contributed by atoms with E-state index in [1.54, 1.807) is 6.20 Å². The van der Waals surface area contributed by atoms with Gasteiger partial charge in [0.1, 0.15) is 5.82 Å². The van der Waals surface area contributed by atoms with Crippen LogP contribution in [0, 0.1) is 0 Å². The van der Waals surface area contributed by atoms with Crippen molar-refractivity contribution in [3.63, 3.8) is 0 Å². The van der Waals surface area contributed by atoms with Gasteiger partial charge in [0.15, 0.2) is 0 Å². The molecule has 0 aliphatic rings. The van der Waals surface area contributed by atoms with Crippen LogP contribution in [0.15, 0.2) is 12.4 Å². The number of rotatable bonds is 5. The zero-order valence-corrected chi connectivity index (χ0v) is 11.6. The number of β-amino-alcohol motifs (C(OH)–C–C–N with tert-alkyl or cyclic N) is 1. The van der Waals surface area contributed by atoms with Crippen LogP contribution in [-0.4, -0.2) is 32.8 Å². The van der Waals surface area contributed by atoms with E-state index in [1.165, 1.54) is 0 Å². The van der Waals surface area contributed by atoms with Crippen LogP contribution in [0.4, 0.5) is 0 Å². The van der Waals surface area contributed by atoms with E-state index in [0.29, 0.717) is 19.0 Å². The second-order valence-corrected chi connectivity index (χ2v) is 5.88. The van der Waals surface area contributed by atoms with Crippen LogP contribution < -0.4 is 5.32 Å². The summed E-state index contributed by atoms with van der Waals surface area (Å²) >= 11 is 0. The van der Waals surface area contributed by atoms with Gasteiger partial charge in [-0.1, -0.05) is 13.8 Å². The van der Waals surface area contributed by atoms with Crippen LogP contribution in [0.25, 0.3) is 0 Å². The Labute approximate surface area is 104 Å². The zero-order chi connectivity index (χ0) is 13.1. The molecule has 1 rings (SSSR count). The van der Waals surface area contributed by atoms with Gasteiger partial charge in [0, 0.05) is 30.4 Å². The van der Waals surface area contributed by atoms with E-state index in [4.69, 9.17) is 0 Å². The third kappa shape index (κ3) is 4.88. The van der Waals surface area contributed by atoms with Crippen LogP contribution >= 0.6 is 0 Å². The molecule has 0 saturated carbocycles. The Morgan fingerprint density at radius 1 is 1.41 bits per heavy atom. The van der Waals surface area contributed by atoms with Gasteiger partial charge < -0.3 is 15.0 Å². The predicted octanol–water partition coefficient (Wildman–Crippen LogP) is 1.76. The minimum Gasteiger partial charge on any atom is -0.390 e. The van der Waals surface area contributed by atoms with Gasteiger partial charge in [-0.15, -0.1) is 0 Å². The summed E-state index contributed by atoms with van der Waals surface area (Å²) in [5, 5.41) is 13.3. The lowest BCUT2D eigenvalue weighted by Gasteiger charge is -2.23. The minimum absolute atomic E-state index is 0.0385. The number of aliphatic hydroxyl groups is 1. The van der Waals surface area contributed by atoms with E-state index in [9.17, 15) is 5.11 Å². The first kappa shape index (κ1) is 14.2. The molecule has 0 radical (unpaired) electrons. The van der Waals surface area contributed by atoms with Crippen LogP contribution in [0.5, 0.6) is 0 Å². The maximum Gasteiger partial charge on any atom is 0.111 e. The number of hydrogen-bond acceptors (Lipinski definition) is 3. The number of hydrogen-bond donors (Lipinski definition) is 2. The molecule has 0 aliphatic carbocycles. The monoisotopic (exact) mass is 239 g/mol. The summed E-state index contributed by atoms with van der Waals surface area (Å²) in [6.07, 6.45) is 3.33. The normalized spacial score (nSPS) is 14.3. The Bertz CT molecular complexity index is 339. The highest BCUT2D eigenvalue weighted by molar-refractivity contribution is 4.98. The number of aliphatic hydroxyl groups excluding tert-OH is 1. The SMILES string of the molecule is CC(C)c1nccn1CC(O)CNC(C)(C)C. The van der Waals surface area contributed by atoms with Crippen LogP contribution in [0.2, 0.25) is 0 Å². The first-order chi connectivity index (χ1) is 7.79. The molecule has 17 heavy (non-hydrogen) atoms. The van der Waals surface area contributed by atoms with Gasteiger partial charge in [0.05, 0.1) is 12.6 Å². The molecule has 1 aromatic heterocycles. The van der Waals surface area contributed by atoms with Gasteiger partial charge in [-0.25, -0.2) is 4.98 Å². The van der Waals surface area contributed by atoms with Gasteiger partial charge in [-0.3, -0.25) is 0 Å². The Balaban J connectivity index is 2.50. The Kier molecular flexibility index (Phi) is 4.71. The second kappa shape index (κ2) is 5.65. The first-order valence-electron chi connectivity index (χ1n) is 6.23. The molecule has 0 aliphatic heterocycles. The van der Waals surface area contributed by atoms with Crippen LogP contribution in [0.3, 0.4) is 0 Å². The van der Waals surface area contributed by atoms with Gasteiger partial charge in [-0.2, -0.15) is 0 Å². The maximum atomic E-state index is 9.98. The van der Waals surface area contributed by atoms with Crippen molar-refractivity contribution in [1.29, 1.82) is 0 Å². The summed E-state index contributed by atoms with van der Waals surface area (Å²) in [5.74, 6) is 1.41. The van der Waals surface area contributed by atoms with Crippen molar-refractivity contribution in [3.05, 3.63) is 18.2 Å². The molecular weight excluding hydrogens is 214 g/mol. The van der Waals surface area contributed by atoms with Crippen molar-refractivity contribution in [1.82, 2.24) is 14.9 Å². The van der Waals surface area contributed by atoms with Crippen LogP contribution in [0.1, 0.15) is 46.4 Å². The fourth-order valence-electron chi connectivity index (χ4n) is 1.69. The summed E-state index contributed by atoms with van der Waals surface area (Å²) in [6.45, 7) is 11.7. The molecule has 1 unspecified atom stereocenters. The molecule has 2 N–H and O–H groups in total. The van der Waals surface area contributed by atoms with Crippen molar-refractivity contribution >= 4 is 0 Å². The molecule has 0 fully saturated rings. The molecule has 1 heterocycles. The lowest BCUT2D eigenvalue weighted by Crippen LogP contribution is -2.42. The van der Waals surface area contributed by atoms with E-state index in [2.05, 4.69) is 44.9 Å². The Hall–Kier alpha value is -0.870. The fourth-order valence-corrected chi connectivity index (χ4v) is 1.69. The summed E-state index contributed by atoms with van der Waals surface area (Å²) in [4.78, 5) is 4.31. The van der Waals surface area contributed by atoms with Crippen molar-refractivity contribution in [3.8, 4) is 0 Å². The third-order valence-corrected chi connectivity index (χ3v) is 2.54. The average Bonchev–Trinajstić information content (AvgIpc) is 2.62. The lowest BCUT2D eigenvalue weighted by molar-refractivity contribution is 0.140. The Morgan fingerprint density at radius 2 is 2.06 bits per heavy atom. The van der Waals surface area contributed by atoms with Gasteiger partial charge in [0.25, 0.3) is 0 Å². The number of nitrogens with zero attached hydrogens (tertiary/aromatic N) is 2. The summed E-state index contributed by atoms with van der Waals surface area (Å²) < 4.78 is 2.03. The fraction of sp³-hybridized carbons (Fsp3) is 0.769. The summed E-state index contributed by atoms with van der Waals surface area (Å²) in [5.41, 5.74) is 0.0385. The van der Waals surface area contributed by atoms with Crippen molar-refractivity contribution in [2.45, 2.75) is 58.7 Å². The first-order valence-corrected chi connectivity index (χ1v) is 6.23. The second-order valence-electron chi connectivity index (χ2n) is 5.88. The number of nitrogens with one attached hydrogen (secondary N) is 1. The third-order valence-electron chi connectivity index (χ3n) is 2.54. The smallest absolute Gasteiger partial charge is 0.111 e. The van der Waals surface area contributed by atoms with Crippen molar-refractivity contribution in [2.24, 2.45) is 0 Å².